The number of ether oxygens (including phenoxy) is 7. The van der Waals surface area contributed by atoms with E-state index in [1.165, 1.54) is 54.1 Å². The Morgan fingerprint density at radius 2 is 0.901 bits per heavy atom. The van der Waals surface area contributed by atoms with Crippen LogP contribution in [-0.4, -0.2) is 177 Å². The molecule has 4 fully saturated rings. The first-order valence-corrected chi connectivity index (χ1v) is 35.9. The summed E-state index contributed by atoms with van der Waals surface area (Å²) < 4.78 is 51.0. The van der Waals surface area contributed by atoms with Crippen LogP contribution in [0.3, 0.4) is 0 Å². The molecule has 592 valence electrons. The van der Waals surface area contributed by atoms with Gasteiger partial charge in [-0.2, -0.15) is 9.97 Å². The minimum Gasteiger partial charge on any atom is -0.481 e. The SMILES string of the molecule is CC[C@H]1O[C@@H](n2cc(C)c(NC(=O)c3ccccc3)nc2=O)CC1OCc1cn(C[C@H]2O[C@@H](n3cc(C)c(=O)[nH]c3=O)CC2O)nn1.CC[C@H]1O[C@@H](n2cc(C)c(NC(=O)c3ccccc3)nc2=O)CC1OCc1cn(C[C@H]2O[C@@H](n3cc(C)c(=O)[nH]c3=O)CC2OC(=O)CCC(=O)NC)nn1.CNC(=O)CCC(=O)O. The number of benzene rings is 2. The van der Waals surface area contributed by atoms with E-state index in [-0.39, 0.29) is 125 Å². The second-order valence-corrected chi connectivity index (χ2v) is 26.7. The second kappa shape index (κ2) is 37.7. The summed E-state index contributed by atoms with van der Waals surface area (Å²) in [6.07, 6.45) is 4.20. The number of anilines is 2. The van der Waals surface area contributed by atoms with Gasteiger partial charge in [-0.05, 0) is 64.8 Å². The molecule has 0 aliphatic carbocycles. The number of hydrogen-bond donors (Lipinski definition) is 8. The summed E-state index contributed by atoms with van der Waals surface area (Å²) in [7, 11) is 2.95. The molecule has 0 saturated carbocycles. The number of esters is 1. The lowest BCUT2D eigenvalue weighted by atomic mass is 10.1. The van der Waals surface area contributed by atoms with Gasteiger partial charge in [0.15, 0.2) is 0 Å². The monoisotopic (exact) mass is 1540 g/mol. The van der Waals surface area contributed by atoms with E-state index in [0.717, 1.165) is 0 Å². The van der Waals surface area contributed by atoms with E-state index < -0.39 is 95.1 Å². The molecule has 4 amide bonds. The Labute approximate surface area is 631 Å². The summed E-state index contributed by atoms with van der Waals surface area (Å²) in [5.74, 6) is -2.49. The zero-order valence-electron chi connectivity index (χ0n) is 62.1. The highest BCUT2D eigenvalue weighted by molar-refractivity contribution is 6.04. The van der Waals surface area contributed by atoms with Crippen molar-refractivity contribution in [3.8, 4) is 0 Å². The Morgan fingerprint density at radius 1 is 0.505 bits per heavy atom. The van der Waals surface area contributed by atoms with Crippen LogP contribution >= 0.6 is 0 Å². The number of aromatic nitrogens is 14. The number of nitrogens with one attached hydrogen (secondary N) is 6. The average Bonchev–Trinajstić information content (AvgIpc) is 1.56. The van der Waals surface area contributed by atoms with Crippen LogP contribution in [0.4, 0.5) is 11.6 Å². The van der Waals surface area contributed by atoms with Crippen molar-refractivity contribution in [1.82, 2.24) is 78.8 Å². The molecule has 4 saturated heterocycles. The second-order valence-electron chi connectivity index (χ2n) is 26.7. The van der Waals surface area contributed by atoms with Gasteiger partial charge in [0.05, 0.1) is 82.1 Å². The van der Waals surface area contributed by atoms with Crippen molar-refractivity contribution in [2.24, 2.45) is 0 Å². The van der Waals surface area contributed by atoms with Gasteiger partial charge in [-0.1, -0.05) is 60.7 Å². The normalized spacial score (nSPS) is 21.8. The van der Waals surface area contributed by atoms with Crippen molar-refractivity contribution in [2.75, 3.05) is 24.7 Å². The van der Waals surface area contributed by atoms with Crippen molar-refractivity contribution >= 4 is 47.2 Å². The molecule has 12 atom stereocenters. The Balaban J connectivity index is 0.000000214. The number of nitrogens with zero attached hydrogens (tertiary/aromatic N) is 12. The number of carbonyl (C=O) groups is 6. The van der Waals surface area contributed by atoms with Gasteiger partial charge < -0.3 is 64.6 Å². The van der Waals surface area contributed by atoms with Crippen LogP contribution in [0.1, 0.15) is 157 Å². The van der Waals surface area contributed by atoms with Crippen molar-refractivity contribution in [2.45, 2.75) is 206 Å². The van der Waals surface area contributed by atoms with Gasteiger partial charge in [-0.15, -0.1) is 10.2 Å². The summed E-state index contributed by atoms with van der Waals surface area (Å²) in [5, 5.41) is 45.6. The number of carboxylic acids is 1. The molecular formula is C72H88N18O21. The van der Waals surface area contributed by atoms with Crippen LogP contribution in [0.5, 0.6) is 0 Å². The number of amides is 4. The van der Waals surface area contributed by atoms with E-state index in [9.17, 15) is 62.6 Å². The average molecular weight is 1540 g/mol. The first kappa shape index (κ1) is 81.9. The zero-order valence-corrected chi connectivity index (χ0v) is 62.1. The number of aliphatic hydroxyl groups excluding tert-OH is 1. The van der Waals surface area contributed by atoms with Crippen LogP contribution in [-0.2, 0) is 78.6 Å². The Hall–Kier alpha value is -11.6. The van der Waals surface area contributed by atoms with Crippen molar-refractivity contribution < 1.29 is 72.1 Å². The summed E-state index contributed by atoms with van der Waals surface area (Å²) in [5.41, 5.74) is 0.392. The number of rotatable bonds is 27. The molecule has 39 heteroatoms. The maximum absolute atomic E-state index is 13.1. The standard InChI is InChI=1S/C36H43N9O10.C31H36N8O8.C5H9NO3/c1-5-24-25(13-29(53-24)44-15-20(2)32(39-35(44)50)38-34(49)22-9-7-6-8-10-22)52-19-23-17-43(42-41-23)18-27-26(55-31(47)12-11-28(46)37-4)14-30(54-27)45-16-21(3)33(48)40-36(45)51;1-4-22-23(11-26(46-22)38-12-17(2)27(33-30(38)43)32-29(42)19-8-6-5-7-9-19)45-16-20-14-37(36-35-20)15-24-21(40)10-25(47-24)39-13-18(3)28(41)34-31(39)44;1-6-4(7)2-3-5(8)9/h6-10,15-17,24-27,29-30H,5,11-14,18-19H2,1-4H3,(H,37,46)(H,40,48,51)(H,38,39,49,50);5-9,12-14,21-26,40H,4,10-11,15-16H2,1-3H3,(H,34,41,44)(H,32,33,42,43);2-3H2,1H3,(H,6,7)(H,8,9)/t24-,25?,26?,27-,29-,30-;21?,22-,23?,24-,25-,26-;/m11./s1. The van der Waals surface area contributed by atoms with Gasteiger partial charge in [-0.25, -0.2) is 28.5 Å². The van der Waals surface area contributed by atoms with Gasteiger partial charge in [0, 0.05) is 111 Å². The van der Waals surface area contributed by atoms with Crippen LogP contribution < -0.4 is 55.1 Å². The third kappa shape index (κ3) is 21.5. The fraction of sp³-hybridized carbons (Fsp3) is 0.472. The number of hydrogen-bond acceptors (Lipinski definition) is 26. The number of aryl methyl sites for hydroxylation is 4. The van der Waals surface area contributed by atoms with E-state index in [2.05, 4.69) is 61.8 Å². The summed E-state index contributed by atoms with van der Waals surface area (Å²) in [6.45, 7) is 11.1. The molecule has 0 spiro atoms. The van der Waals surface area contributed by atoms with E-state index in [4.69, 9.17) is 38.3 Å². The summed E-state index contributed by atoms with van der Waals surface area (Å²) in [6, 6.07) is 17.3. The molecule has 111 heavy (non-hydrogen) atoms. The summed E-state index contributed by atoms with van der Waals surface area (Å²) >= 11 is 0. The molecule has 10 heterocycles. The Bertz CT molecular complexity index is 5000. The van der Waals surface area contributed by atoms with Crippen LogP contribution in [0.2, 0.25) is 0 Å². The van der Waals surface area contributed by atoms with Crippen molar-refractivity contribution in [1.29, 1.82) is 0 Å². The van der Waals surface area contributed by atoms with Crippen LogP contribution in [0.15, 0.2) is 127 Å². The molecule has 0 radical (unpaired) electrons. The third-order valence-corrected chi connectivity index (χ3v) is 18.6. The topological polar surface area (TPSA) is 497 Å². The lowest BCUT2D eigenvalue weighted by Gasteiger charge is -2.18. The maximum atomic E-state index is 13.1. The highest BCUT2D eigenvalue weighted by Gasteiger charge is 2.42. The molecule has 0 bridgehead atoms. The van der Waals surface area contributed by atoms with Crippen molar-refractivity contribution in [3.05, 3.63) is 205 Å². The number of aliphatic carboxylic acids is 1. The number of carbonyl (C=O) groups excluding carboxylic acids is 5. The Kier molecular flexibility index (Phi) is 27.8. The van der Waals surface area contributed by atoms with Gasteiger partial charge in [0.1, 0.15) is 66.2 Å². The van der Waals surface area contributed by atoms with Crippen molar-refractivity contribution in [3.63, 3.8) is 0 Å². The fourth-order valence-electron chi connectivity index (χ4n) is 12.6. The number of carboxylic acid groups (broad SMARTS) is 1. The molecule has 4 unspecified atom stereocenters. The molecule has 2 aromatic carbocycles. The maximum Gasteiger partial charge on any atom is 0.351 e. The highest BCUT2D eigenvalue weighted by atomic mass is 16.6. The molecule has 8 N–H and O–H groups in total. The van der Waals surface area contributed by atoms with Gasteiger partial charge in [0.25, 0.3) is 22.9 Å². The molecule has 8 aromatic rings. The predicted molar refractivity (Wildman–Crippen MR) is 389 cm³/mol. The van der Waals surface area contributed by atoms with E-state index in [0.29, 0.717) is 70.5 Å². The van der Waals surface area contributed by atoms with E-state index in [1.54, 1.807) is 107 Å². The zero-order chi connectivity index (χ0) is 79.7. The van der Waals surface area contributed by atoms with Gasteiger partial charge in [0.2, 0.25) is 11.8 Å². The third-order valence-electron chi connectivity index (χ3n) is 18.6. The predicted octanol–water partition coefficient (Wildman–Crippen LogP) is 2.05. The molecule has 4 aliphatic rings. The van der Waals surface area contributed by atoms with Gasteiger partial charge in [-0.3, -0.25) is 66.6 Å². The minimum absolute atomic E-state index is 0.0535. The first-order valence-electron chi connectivity index (χ1n) is 35.9. The lowest BCUT2D eigenvalue weighted by molar-refractivity contribution is -0.153. The fourth-order valence-corrected chi connectivity index (χ4v) is 12.6. The smallest absolute Gasteiger partial charge is 0.351 e. The largest absolute Gasteiger partial charge is 0.481 e. The molecule has 39 nitrogen and oxygen atoms in total. The van der Waals surface area contributed by atoms with E-state index in [1.807, 2.05) is 19.9 Å². The number of H-pyrrole nitrogens is 2. The molecular weight excluding hydrogens is 1450 g/mol. The summed E-state index contributed by atoms with van der Waals surface area (Å²) in [4.78, 5) is 157. The van der Waals surface area contributed by atoms with Crippen LogP contribution in [0, 0.1) is 27.7 Å². The van der Waals surface area contributed by atoms with Crippen LogP contribution in [0.25, 0.3) is 0 Å². The Morgan fingerprint density at radius 3 is 1.34 bits per heavy atom. The number of aromatic amines is 2. The van der Waals surface area contributed by atoms with E-state index >= 15 is 0 Å². The molecule has 12 rings (SSSR count). The minimum atomic E-state index is -0.946. The highest BCUT2D eigenvalue weighted by Crippen LogP contribution is 2.36. The lowest BCUT2D eigenvalue weighted by Crippen LogP contribution is -2.33. The number of aliphatic hydroxyl groups is 1. The van der Waals surface area contributed by atoms with Gasteiger partial charge >= 0.3 is 34.7 Å². The first-order chi connectivity index (χ1) is 53.2. The quantitative estimate of drug-likeness (QED) is 0.0341. The molecule has 6 aromatic heterocycles. The molecule has 4 aliphatic heterocycles.